The fraction of sp³-hybridized carbons (Fsp3) is 0.235. The number of aryl methyl sites for hydroxylation is 1. The number of benzene rings is 2. The molecule has 2 aromatic carbocycles. The lowest BCUT2D eigenvalue weighted by atomic mass is 10.0. The molecule has 0 aliphatic rings. The summed E-state index contributed by atoms with van der Waals surface area (Å²) in [6.45, 7) is 3.77. The van der Waals surface area contributed by atoms with E-state index >= 15 is 0 Å². The lowest BCUT2D eigenvalue weighted by Crippen LogP contribution is -2.30. The molecule has 0 fully saturated rings. The van der Waals surface area contributed by atoms with E-state index in [1.165, 1.54) is 12.1 Å². The van der Waals surface area contributed by atoms with Gasteiger partial charge in [-0.15, -0.1) is 0 Å². The number of hydrogen-bond donors (Lipinski definition) is 1. The summed E-state index contributed by atoms with van der Waals surface area (Å²) in [7, 11) is 1.72. The third-order valence-corrected chi connectivity index (χ3v) is 3.81. The van der Waals surface area contributed by atoms with Crippen LogP contribution >= 0.6 is 0 Å². The van der Waals surface area contributed by atoms with Crippen molar-refractivity contribution in [3.8, 4) is 0 Å². The van der Waals surface area contributed by atoms with Crippen LogP contribution in [0.1, 0.15) is 34.5 Å². The number of nitrogen functional groups attached to an aromatic ring is 1. The van der Waals surface area contributed by atoms with Gasteiger partial charge in [0.1, 0.15) is 5.82 Å². The summed E-state index contributed by atoms with van der Waals surface area (Å²) < 4.78 is 13.0. The number of amides is 1. The predicted molar refractivity (Wildman–Crippen MR) is 82.5 cm³/mol. The molecule has 0 aliphatic heterocycles. The van der Waals surface area contributed by atoms with Gasteiger partial charge < -0.3 is 10.6 Å². The Hall–Kier alpha value is -2.36. The summed E-state index contributed by atoms with van der Waals surface area (Å²) in [5.41, 5.74) is 8.73. The summed E-state index contributed by atoms with van der Waals surface area (Å²) in [6.07, 6.45) is 0. The molecule has 0 aromatic heterocycles. The largest absolute Gasteiger partial charge is 0.398 e. The average Bonchev–Trinajstić information content (AvgIpc) is 2.48. The molecule has 21 heavy (non-hydrogen) atoms. The molecule has 0 spiro atoms. The van der Waals surface area contributed by atoms with Crippen LogP contribution in [0.25, 0.3) is 0 Å². The zero-order chi connectivity index (χ0) is 15.6. The quantitative estimate of drug-likeness (QED) is 0.877. The van der Waals surface area contributed by atoms with Crippen molar-refractivity contribution in [2.75, 3.05) is 12.8 Å². The van der Waals surface area contributed by atoms with Crippen molar-refractivity contribution in [3.05, 3.63) is 65.0 Å². The average molecular weight is 286 g/mol. The van der Waals surface area contributed by atoms with Crippen molar-refractivity contribution in [2.45, 2.75) is 19.9 Å². The minimum absolute atomic E-state index is 0.145. The Morgan fingerprint density at radius 2 is 1.81 bits per heavy atom. The van der Waals surface area contributed by atoms with Crippen molar-refractivity contribution in [1.82, 2.24) is 4.90 Å². The highest BCUT2D eigenvalue weighted by atomic mass is 19.1. The monoisotopic (exact) mass is 286 g/mol. The molecule has 0 bridgehead atoms. The van der Waals surface area contributed by atoms with Crippen molar-refractivity contribution in [2.24, 2.45) is 0 Å². The third-order valence-electron chi connectivity index (χ3n) is 3.81. The summed E-state index contributed by atoms with van der Waals surface area (Å²) >= 11 is 0. The van der Waals surface area contributed by atoms with Gasteiger partial charge in [-0.1, -0.05) is 24.3 Å². The lowest BCUT2D eigenvalue weighted by Gasteiger charge is -2.26. The Morgan fingerprint density at radius 3 is 2.43 bits per heavy atom. The molecule has 1 amide bonds. The van der Waals surface area contributed by atoms with Crippen LogP contribution in [0.4, 0.5) is 10.1 Å². The zero-order valence-electron chi connectivity index (χ0n) is 12.4. The maximum Gasteiger partial charge on any atom is 0.256 e. The molecular formula is C17H19FN2O. The first-order chi connectivity index (χ1) is 9.91. The first kappa shape index (κ1) is 15.0. The van der Waals surface area contributed by atoms with Crippen LogP contribution in [-0.4, -0.2) is 17.9 Å². The van der Waals surface area contributed by atoms with Gasteiger partial charge in [0, 0.05) is 12.7 Å². The number of halogens is 1. The molecule has 0 aliphatic carbocycles. The van der Waals surface area contributed by atoms with Crippen molar-refractivity contribution >= 4 is 11.6 Å². The van der Waals surface area contributed by atoms with Crippen LogP contribution in [0, 0.1) is 12.7 Å². The Balaban J connectivity index is 2.26. The van der Waals surface area contributed by atoms with Crippen LogP contribution in [0.3, 0.4) is 0 Å². The SMILES string of the molecule is Cc1cccc(C(=O)N(C)C(C)c2ccc(F)cc2)c1N. The predicted octanol–water partition coefficient (Wildman–Crippen LogP) is 3.55. The second-order valence-corrected chi connectivity index (χ2v) is 5.18. The van der Waals surface area contributed by atoms with E-state index in [9.17, 15) is 9.18 Å². The Kier molecular flexibility index (Phi) is 4.26. The molecule has 1 unspecified atom stereocenters. The van der Waals surface area contributed by atoms with Crippen LogP contribution in [0.2, 0.25) is 0 Å². The topological polar surface area (TPSA) is 46.3 Å². The van der Waals surface area contributed by atoms with E-state index in [-0.39, 0.29) is 17.8 Å². The van der Waals surface area contributed by atoms with Gasteiger partial charge in [-0.25, -0.2) is 4.39 Å². The number of rotatable bonds is 3. The highest BCUT2D eigenvalue weighted by Gasteiger charge is 2.21. The van der Waals surface area contributed by atoms with Crippen LogP contribution in [-0.2, 0) is 0 Å². The highest BCUT2D eigenvalue weighted by Crippen LogP contribution is 2.24. The molecule has 3 nitrogen and oxygen atoms in total. The molecule has 1 atom stereocenters. The number of nitrogens with two attached hydrogens (primary N) is 1. The maximum atomic E-state index is 13.0. The molecule has 0 radical (unpaired) electrons. The van der Waals surface area contributed by atoms with Gasteiger partial charge in [0.05, 0.1) is 11.6 Å². The first-order valence-electron chi connectivity index (χ1n) is 6.79. The van der Waals surface area contributed by atoms with Gasteiger partial charge >= 0.3 is 0 Å². The lowest BCUT2D eigenvalue weighted by molar-refractivity contribution is 0.0743. The van der Waals surface area contributed by atoms with E-state index in [1.807, 2.05) is 26.0 Å². The number of hydrogen-bond acceptors (Lipinski definition) is 2. The number of para-hydroxylation sites is 1. The fourth-order valence-corrected chi connectivity index (χ4v) is 2.20. The number of nitrogens with zero attached hydrogens (tertiary/aromatic N) is 1. The van der Waals surface area contributed by atoms with Gasteiger partial charge in [0.25, 0.3) is 5.91 Å². The van der Waals surface area contributed by atoms with Crippen molar-refractivity contribution < 1.29 is 9.18 Å². The summed E-state index contributed by atoms with van der Waals surface area (Å²) in [5, 5.41) is 0. The molecular weight excluding hydrogens is 267 g/mol. The molecule has 2 rings (SSSR count). The first-order valence-corrected chi connectivity index (χ1v) is 6.79. The normalized spacial score (nSPS) is 12.0. The molecule has 0 saturated heterocycles. The summed E-state index contributed by atoms with van der Waals surface area (Å²) in [4.78, 5) is 14.2. The summed E-state index contributed by atoms with van der Waals surface area (Å²) in [6, 6.07) is 11.4. The second-order valence-electron chi connectivity index (χ2n) is 5.18. The minimum atomic E-state index is -0.289. The number of anilines is 1. The van der Waals surface area contributed by atoms with Gasteiger partial charge in [0.15, 0.2) is 0 Å². The maximum absolute atomic E-state index is 13.0. The molecule has 2 N–H and O–H groups in total. The molecule has 2 aromatic rings. The number of carbonyl (C=O) groups excluding carboxylic acids is 1. The van der Waals surface area contributed by atoms with Crippen LogP contribution < -0.4 is 5.73 Å². The highest BCUT2D eigenvalue weighted by molar-refractivity contribution is 5.99. The van der Waals surface area contributed by atoms with E-state index in [0.29, 0.717) is 11.3 Å². The van der Waals surface area contributed by atoms with Gasteiger partial charge in [-0.3, -0.25) is 4.79 Å². The smallest absolute Gasteiger partial charge is 0.256 e. The summed E-state index contributed by atoms with van der Waals surface area (Å²) in [5.74, 6) is -0.434. The van der Waals surface area contributed by atoms with Crippen molar-refractivity contribution in [1.29, 1.82) is 0 Å². The molecule has 0 saturated carbocycles. The van der Waals surface area contributed by atoms with E-state index in [2.05, 4.69) is 0 Å². The van der Waals surface area contributed by atoms with E-state index < -0.39 is 0 Å². The second kappa shape index (κ2) is 5.95. The molecule has 4 heteroatoms. The van der Waals surface area contributed by atoms with Crippen molar-refractivity contribution in [3.63, 3.8) is 0 Å². The Labute approximate surface area is 124 Å². The van der Waals surface area contributed by atoms with E-state index in [0.717, 1.165) is 11.1 Å². The van der Waals surface area contributed by atoms with Crippen LogP contribution in [0.15, 0.2) is 42.5 Å². The van der Waals surface area contributed by atoms with Gasteiger partial charge in [-0.2, -0.15) is 0 Å². The number of carbonyl (C=O) groups is 1. The van der Waals surface area contributed by atoms with Gasteiger partial charge in [0.2, 0.25) is 0 Å². The standard InChI is InChI=1S/C17H19FN2O/c1-11-5-4-6-15(16(11)19)17(21)20(3)12(2)13-7-9-14(18)10-8-13/h4-10,12H,19H2,1-3H3. The van der Waals surface area contributed by atoms with Crippen LogP contribution in [0.5, 0.6) is 0 Å². The van der Waals surface area contributed by atoms with Gasteiger partial charge in [-0.05, 0) is 43.2 Å². The minimum Gasteiger partial charge on any atom is -0.398 e. The fourth-order valence-electron chi connectivity index (χ4n) is 2.20. The molecule has 0 heterocycles. The van der Waals surface area contributed by atoms with E-state index in [1.54, 1.807) is 30.1 Å². The third kappa shape index (κ3) is 3.05. The van der Waals surface area contributed by atoms with E-state index in [4.69, 9.17) is 5.73 Å². The molecule has 110 valence electrons. The Morgan fingerprint density at radius 1 is 1.19 bits per heavy atom. The zero-order valence-corrected chi connectivity index (χ0v) is 12.4. The Bertz CT molecular complexity index is 652.